The number of benzene rings is 3. The Morgan fingerprint density at radius 2 is 1.71 bits per heavy atom. The minimum Gasteiger partial charge on any atom is -0.322 e. The molecule has 1 heterocycles. The monoisotopic (exact) mass is 555 g/mol. The van der Waals surface area contributed by atoms with Crippen LogP contribution in [0.3, 0.4) is 0 Å². The van der Waals surface area contributed by atoms with Crippen LogP contribution in [0, 0.1) is 18.8 Å². The summed E-state index contributed by atoms with van der Waals surface area (Å²) >= 11 is 0. The molecule has 0 aliphatic heterocycles. The number of hydrogen-bond donors (Lipinski definition) is 1. The maximum atomic E-state index is 13.9. The fourth-order valence-electron chi connectivity index (χ4n) is 4.50. The summed E-state index contributed by atoms with van der Waals surface area (Å²) in [5.41, 5.74) is 4.04. The Labute approximate surface area is 239 Å². The third-order valence-electron chi connectivity index (χ3n) is 6.74. The molecule has 210 valence electrons. The summed E-state index contributed by atoms with van der Waals surface area (Å²) < 4.78 is 41.8. The summed E-state index contributed by atoms with van der Waals surface area (Å²) in [6.45, 7) is 7.36. The average molecular weight is 556 g/mol. The van der Waals surface area contributed by atoms with Crippen molar-refractivity contribution in [3.8, 4) is 23.0 Å². The van der Waals surface area contributed by atoms with Gasteiger partial charge in [0.2, 0.25) is 0 Å². The Bertz CT molecular complexity index is 1570. The molecule has 0 unspecified atom stereocenters. The smallest absolute Gasteiger partial charge is 0.322 e. The van der Waals surface area contributed by atoms with Crippen molar-refractivity contribution in [2.75, 3.05) is 18.4 Å². The van der Waals surface area contributed by atoms with Gasteiger partial charge in [-0.1, -0.05) is 68.2 Å². The molecule has 0 atom stereocenters. The van der Waals surface area contributed by atoms with Crippen LogP contribution in [0.1, 0.15) is 58.4 Å². The molecule has 41 heavy (non-hydrogen) atoms. The highest BCUT2D eigenvalue weighted by Gasteiger charge is 2.34. The molecule has 0 saturated heterocycles. The number of aryl methyl sites for hydroxylation is 1. The SMILES string of the molecule is CCCN(CC)Cc1ccc(NC(=O)c2ccc(C)c(C#Cc3cncc(-c4ccccc4)c3)c2)cc1C(F)(F)F. The molecule has 1 N–H and O–H groups in total. The molecule has 4 aromatic rings. The zero-order valence-corrected chi connectivity index (χ0v) is 23.3. The summed E-state index contributed by atoms with van der Waals surface area (Å²) in [6, 6.07) is 20.8. The first kappa shape index (κ1) is 29.6. The largest absolute Gasteiger partial charge is 0.416 e. The second kappa shape index (κ2) is 13.3. The van der Waals surface area contributed by atoms with Gasteiger partial charge in [-0.25, -0.2) is 0 Å². The summed E-state index contributed by atoms with van der Waals surface area (Å²) in [5, 5.41) is 2.63. The van der Waals surface area contributed by atoms with Crippen molar-refractivity contribution in [1.29, 1.82) is 0 Å². The van der Waals surface area contributed by atoms with E-state index in [2.05, 4.69) is 22.1 Å². The maximum Gasteiger partial charge on any atom is 0.416 e. The number of pyridine rings is 1. The van der Waals surface area contributed by atoms with E-state index in [1.807, 2.05) is 62.1 Å². The lowest BCUT2D eigenvalue weighted by Crippen LogP contribution is -2.25. The van der Waals surface area contributed by atoms with Crippen molar-refractivity contribution in [3.05, 3.63) is 119 Å². The van der Waals surface area contributed by atoms with Gasteiger partial charge in [0.25, 0.3) is 5.91 Å². The Balaban J connectivity index is 1.55. The summed E-state index contributed by atoms with van der Waals surface area (Å²) in [5.74, 6) is 5.72. The van der Waals surface area contributed by atoms with Crippen LogP contribution < -0.4 is 5.32 Å². The van der Waals surface area contributed by atoms with Crippen LogP contribution in [-0.2, 0) is 12.7 Å². The number of halogens is 3. The van der Waals surface area contributed by atoms with E-state index < -0.39 is 17.6 Å². The van der Waals surface area contributed by atoms with Gasteiger partial charge in [0, 0.05) is 46.9 Å². The van der Waals surface area contributed by atoms with Gasteiger partial charge in [-0.05, 0) is 73.5 Å². The van der Waals surface area contributed by atoms with Crippen LogP contribution >= 0.6 is 0 Å². The fraction of sp³-hybridized carbons (Fsp3) is 0.235. The van der Waals surface area contributed by atoms with Crippen LogP contribution in [0.2, 0.25) is 0 Å². The molecule has 0 bridgehead atoms. The number of nitrogens with one attached hydrogen (secondary N) is 1. The number of amides is 1. The molecule has 0 fully saturated rings. The maximum absolute atomic E-state index is 13.9. The number of nitrogens with zero attached hydrogens (tertiary/aromatic N) is 2. The van der Waals surface area contributed by atoms with Gasteiger partial charge in [0.05, 0.1) is 5.56 Å². The number of hydrogen-bond acceptors (Lipinski definition) is 3. The molecule has 0 radical (unpaired) electrons. The molecule has 3 aromatic carbocycles. The van der Waals surface area contributed by atoms with Crippen LogP contribution in [-0.4, -0.2) is 28.9 Å². The van der Waals surface area contributed by atoms with E-state index in [0.717, 1.165) is 34.7 Å². The molecule has 0 saturated carbocycles. The van der Waals surface area contributed by atoms with E-state index in [-0.39, 0.29) is 17.8 Å². The van der Waals surface area contributed by atoms with E-state index in [9.17, 15) is 18.0 Å². The lowest BCUT2D eigenvalue weighted by Gasteiger charge is -2.22. The fourth-order valence-corrected chi connectivity index (χ4v) is 4.50. The van der Waals surface area contributed by atoms with Crippen molar-refractivity contribution >= 4 is 11.6 Å². The van der Waals surface area contributed by atoms with Crippen molar-refractivity contribution < 1.29 is 18.0 Å². The number of anilines is 1. The Morgan fingerprint density at radius 3 is 2.41 bits per heavy atom. The summed E-state index contributed by atoms with van der Waals surface area (Å²) in [4.78, 5) is 19.3. The first-order chi connectivity index (χ1) is 19.7. The number of carbonyl (C=O) groups is 1. The second-order valence-corrected chi connectivity index (χ2v) is 9.80. The molecule has 7 heteroatoms. The minimum absolute atomic E-state index is 0.0848. The van der Waals surface area contributed by atoms with Gasteiger partial charge < -0.3 is 5.32 Å². The molecule has 0 aliphatic rings. The predicted molar refractivity (Wildman–Crippen MR) is 157 cm³/mol. The van der Waals surface area contributed by atoms with Crippen molar-refractivity contribution in [1.82, 2.24) is 9.88 Å². The molecule has 1 amide bonds. The molecule has 0 aliphatic carbocycles. The number of alkyl halides is 3. The van der Waals surface area contributed by atoms with E-state index in [0.29, 0.717) is 24.2 Å². The van der Waals surface area contributed by atoms with Crippen LogP contribution in [0.15, 0.2) is 85.2 Å². The highest BCUT2D eigenvalue weighted by atomic mass is 19.4. The standard InChI is InChI=1S/C34H32F3N3O/c1-4-17-40(5-2)23-29-15-16-31(20-32(29)34(35,36)37)39-33(41)28-13-11-24(3)27(19-28)14-12-25-18-30(22-38-21-25)26-9-7-6-8-10-26/h6-11,13,15-16,18-22H,4-5,17,23H2,1-3H3,(H,39,41). The predicted octanol–water partition coefficient (Wildman–Crippen LogP) is 7.96. The van der Waals surface area contributed by atoms with Gasteiger partial charge in [0.1, 0.15) is 0 Å². The van der Waals surface area contributed by atoms with Crippen molar-refractivity contribution in [3.63, 3.8) is 0 Å². The normalized spacial score (nSPS) is 11.2. The lowest BCUT2D eigenvalue weighted by atomic mass is 10.0. The minimum atomic E-state index is -4.54. The Morgan fingerprint density at radius 1 is 0.927 bits per heavy atom. The van der Waals surface area contributed by atoms with Crippen LogP contribution in [0.5, 0.6) is 0 Å². The lowest BCUT2D eigenvalue weighted by molar-refractivity contribution is -0.138. The van der Waals surface area contributed by atoms with Crippen molar-refractivity contribution in [2.45, 2.75) is 39.9 Å². The molecule has 0 spiro atoms. The molecule has 4 rings (SSSR count). The van der Waals surface area contributed by atoms with Gasteiger partial charge in [-0.15, -0.1) is 0 Å². The molecular formula is C34H32F3N3O. The van der Waals surface area contributed by atoms with E-state index in [1.165, 1.54) is 12.1 Å². The first-order valence-electron chi connectivity index (χ1n) is 13.5. The van der Waals surface area contributed by atoms with Gasteiger partial charge in [-0.3, -0.25) is 14.7 Å². The topological polar surface area (TPSA) is 45.2 Å². The van der Waals surface area contributed by atoms with E-state index in [4.69, 9.17) is 0 Å². The molecule has 1 aromatic heterocycles. The number of rotatable bonds is 8. The van der Waals surface area contributed by atoms with Gasteiger partial charge >= 0.3 is 6.18 Å². The van der Waals surface area contributed by atoms with E-state index in [1.54, 1.807) is 30.6 Å². The van der Waals surface area contributed by atoms with Crippen LogP contribution in [0.25, 0.3) is 11.1 Å². The third-order valence-corrected chi connectivity index (χ3v) is 6.74. The van der Waals surface area contributed by atoms with Gasteiger partial charge in [-0.2, -0.15) is 13.2 Å². The van der Waals surface area contributed by atoms with Crippen LogP contribution in [0.4, 0.5) is 18.9 Å². The number of aromatic nitrogens is 1. The highest BCUT2D eigenvalue weighted by molar-refractivity contribution is 6.04. The number of carbonyl (C=O) groups excluding carboxylic acids is 1. The Hall–Kier alpha value is -4.41. The quantitative estimate of drug-likeness (QED) is 0.224. The summed E-state index contributed by atoms with van der Waals surface area (Å²) in [6.07, 6.45) is -0.238. The molecular weight excluding hydrogens is 523 g/mol. The first-order valence-corrected chi connectivity index (χ1v) is 13.5. The van der Waals surface area contributed by atoms with Gasteiger partial charge in [0.15, 0.2) is 0 Å². The summed E-state index contributed by atoms with van der Waals surface area (Å²) in [7, 11) is 0. The zero-order chi connectivity index (χ0) is 29.4. The Kier molecular flexibility index (Phi) is 9.59. The average Bonchev–Trinajstić information content (AvgIpc) is 2.97. The molecule has 4 nitrogen and oxygen atoms in total. The second-order valence-electron chi connectivity index (χ2n) is 9.80. The van der Waals surface area contributed by atoms with Crippen molar-refractivity contribution in [2.24, 2.45) is 0 Å². The van der Waals surface area contributed by atoms with E-state index >= 15 is 0 Å². The zero-order valence-electron chi connectivity index (χ0n) is 23.3. The third kappa shape index (κ3) is 7.84. The highest BCUT2D eigenvalue weighted by Crippen LogP contribution is 2.34.